The van der Waals surface area contributed by atoms with Gasteiger partial charge in [-0.15, -0.1) is 0 Å². The predicted octanol–water partition coefficient (Wildman–Crippen LogP) is 0.354. The third-order valence-corrected chi connectivity index (χ3v) is 0.933. The minimum Gasteiger partial charge on any atom is -0.520 e. The number of hydrogen-bond acceptors (Lipinski definition) is 1. The molecule has 1 fully saturated rings. The van der Waals surface area contributed by atoms with E-state index in [9.17, 15) is 0 Å². The molecule has 1 heterocycles. The molecule has 1 atom stereocenters. The van der Waals surface area contributed by atoms with Crippen LogP contribution in [0.15, 0.2) is 6.08 Å². The van der Waals surface area contributed by atoms with Gasteiger partial charge in [0, 0.05) is 32.7 Å². The maximum Gasteiger partial charge on any atom is 0 e. The first-order chi connectivity index (χ1) is 2.93. The van der Waals surface area contributed by atoms with Gasteiger partial charge in [-0.05, 0) is 0 Å². The molecule has 2 heteroatoms. The van der Waals surface area contributed by atoms with Gasteiger partial charge in [-0.2, -0.15) is 5.92 Å². The molecule has 37 valence electrons. The van der Waals surface area contributed by atoms with Crippen LogP contribution in [-0.2, 0) is 32.7 Å². The Labute approximate surface area is 69.4 Å². The van der Waals surface area contributed by atoms with E-state index in [-0.39, 0.29) is 32.7 Å². The van der Waals surface area contributed by atoms with Crippen LogP contribution < -0.4 is 5.32 Å². The summed E-state index contributed by atoms with van der Waals surface area (Å²) < 4.78 is 0. The second kappa shape index (κ2) is 3.76. The van der Waals surface area contributed by atoms with Gasteiger partial charge in [0.2, 0.25) is 0 Å². The molecule has 0 aromatic rings. The molecule has 1 saturated heterocycles. The van der Waals surface area contributed by atoms with Crippen molar-refractivity contribution in [3.05, 3.63) is 19.2 Å². The average molecular weight is 170 g/mol. The van der Waals surface area contributed by atoms with Crippen molar-refractivity contribution in [2.45, 2.75) is 0 Å². The largest absolute Gasteiger partial charge is 0.520 e. The maximum atomic E-state index is 5.14. The Hall–Kier alpha value is 0.804. The summed E-state index contributed by atoms with van der Waals surface area (Å²) in [6, 6.07) is 0. The summed E-state index contributed by atoms with van der Waals surface area (Å²) in [5.41, 5.74) is 0. The number of rotatable bonds is 1. The van der Waals surface area contributed by atoms with Gasteiger partial charge in [0.05, 0.1) is 0 Å². The van der Waals surface area contributed by atoms with Gasteiger partial charge in [0.1, 0.15) is 0 Å². The summed E-state index contributed by atoms with van der Waals surface area (Å²) >= 11 is 0. The number of hydrogen-bond donors (Lipinski definition) is 1. The molecule has 0 amide bonds. The third kappa shape index (κ3) is 2.03. The molecule has 1 aliphatic rings. The summed E-state index contributed by atoms with van der Waals surface area (Å²) in [7, 11) is 0. The Morgan fingerprint density at radius 2 is 2.43 bits per heavy atom. The zero-order valence-corrected chi connectivity index (χ0v) is 6.93. The molecule has 1 aliphatic heterocycles. The van der Waals surface area contributed by atoms with E-state index in [4.69, 9.17) is 6.58 Å². The Kier molecular flexibility index (Phi) is 4.20. The van der Waals surface area contributed by atoms with Gasteiger partial charge >= 0.3 is 0 Å². The molecule has 0 saturated carbocycles. The minimum absolute atomic E-state index is 0. The molecule has 1 rings (SSSR count). The molecule has 0 aromatic carbocycles. The van der Waals surface area contributed by atoms with Crippen LogP contribution in [0.25, 0.3) is 0 Å². The Balaban J connectivity index is 0.000000360. The standard InChI is InChI=1S/C5H7N.Y/c1-2-5-3-6-4-5;/h1-3,5-6H,4H2;/q-2;. The smallest absolute Gasteiger partial charge is 0 e. The predicted molar refractivity (Wildman–Crippen MR) is 24.7 cm³/mol. The Morgan fingerprint density at radius 1 is 1.86 bits per heavy atom. The van der Waals surface area contributed by atoms with E-state index in [1.807, 2.05) is 6.54 Å². The van der Waals surface area contributed by atoms with E-state index < -0.39 is 0 Å². The van der Waals surface area contributed by atoms with Crippen LogP contribution in [0.5, 0.6) is 0 Å². The fourth-order valence-corrected chi connectivity index (χ4v) is 0.378. The van der Waals surface area contributed by atoms with Crippen molar-refractivity contribution >= 4 is 0 Å². The van der Waals surface area contributed by atoms with Gasteiger partial charge in [-0.3, -0.25) is 12.6 Å². The maximum absolute atomic E-state index is 5.14. The molecule has 1 unspecified atom stereocenters. The van der Waals surface area contributed by atoms with E-state index in [1.54, 1.807) is 6.08 Å². The van der Waals surface area contributed by atoms with Gasteiger partial charge in [0.25, 0.3) is 0 Å². The van der Waals surface area contributed by atoms with Gasteiger partial charge in [-0.25, -0.2) is 0 Å². The summed E-state index contributed by atoms with van der Waals surface area (Å²) in [6.07, 6.45) is 1.69. The van der Waals surface area contributed by atoms with Crippen LogP contribution in [0.1, 0.15) is 0 Å². The first kappa shape index (κ1) is 7.80. The zero-order chi connectivity index (χ0) is 4.41. The van der Waals surface area contributed by atoms with Crippen molar-refractivity contribution in [2.75, 3.05) is 6.54 Å². The van der Waals surface area contributed by atoms with Crippen LogP contribution >= 0.6 is 0 Å². The van der Waals surface area contributed by atoms with Crippen LogP contribution in [0, 0.1) is 19.0 Å². The number of nitrogens with one attached hydrogen (secondary N) is 1. The molecule has 0 spiro atoms. The molecular weight excluding hydrogens is 163 g/mol. The molecule has 1 nitrogen and oxygen atoms in total. The molecule has 7 heavy (non-hydrogen) atoms. The van der Waals surface area contributed by atoms with Crippen LogP contribution in [-0.4, -0.2) is 6.54 Å². The Morgan fingerprint density at radius 3 is 2.43 bits per heavy atom. The molecule has 0 bridgehead atoms. The fourth-order valence-electron chi connectivity index (χ4n) is 0.378. The van der Waals surface area contributed by atoms with Gasteiger partial charge < -0.3 is 11.9 Å². The van der Waals surface area contributed by atoms with Crippen molar-refractivity contribution in [2.24, 2.45) is 5.92 Å². The zero-order valence-electron chi connectivity index (χ0n) is 4.09. The fraction of sp³-hybridized carbons (Fsp3) is 0.400. The first-order valence-corrected chi connectivity index (χ1v) is 2.05. The summed E-state index contributed by atoms with van der Waals surface area (Å²) in [4.78, 5) is 0. The van der Waals surface area contributed by atoms with E-state index in [1.165, 1.54) is 0 Å². The van der Waals surface area contributed by atoms with Crippen LogP contribution in [0.3, 0.4) is 0 Å². The van der Waals surface area contributed by atoms with Crippen molar-refractivity contribution in [3.63, 3.8) is 0 Å². The van der Waals surface area contributed by atoms with Crippen molar-refractivity contribution in [3.8, 4) is 0 Å². The van der Waals surface area contributed by atoms with Gasteiger partial charge in [0.15, 0.2) is 0 Å². The molecule has 1 N–H and O–H groups in total. The normalized spacial score (nSPS) is 27.1. The van der Waals surface area contributed by atoms with E-state index >= 15 is 0 Å². The SMILES string of the molecule is [CH-]=CC1[CH-]NC1.[Y]. The average Bonchev–Trinajstić information content (AvgIpc) is 1.31. The van der Waals surface area contributed by atoms with Crippen LogP contribution in [0.4, 0.5) is 0 Å². The quantitative estimate of drug-likeness (QED) is 0.560. The van der Waals surface area contributed by atoms with Gasteiger partial charge in [-0.1, -0.05) is 6.54 Å². The summed E-state index contributed by atoms with van der Waals surface area (Å²) in [6.45, 7) is 8.13. The van der Waals surface area contributed by atoms with Crippen molar-refractivity contribution < 1.29 is 32.7 Å². The Bertz CT molecular complexity index is 59.1. The monoisotopic (exact) mass is 170 g/mol. The topological polar surface area (TPSA) is 12.0 Å². The molecule has 0 aliphatic carbocycles. The van der Waals surface area contributed by atoms with Crippen molar-refractivity contribution in [1.82, 2.24) is 5.32 Å². The second-order valence-electron chi connectivity index (χ2n) is 1.43. The summed E-state index contributed by atoms with van der Waals surface area (Å²) in [5.74, 6) is 0.532. The van der Waals surface area contributed by atoms with Crippen molar-refractivity contribution in [1.29, 1.82) is 0 Å². The van der Waals surface area contributed by atoms with E-state index in [0.29, 0.717) is 5.92 Å². The molecule has 0 aromatic heterocycles. The molecular formula is C5H7NY-2. The van der Waals surface area contributed by atoms with Crippen LogP contribution in [0.2, 0.25) is 0 Å². The van der Waals surface area contributed by atoms with E-state index in [0.717, 1.165) is 6.54 Å². The summed E-state index contributed by atoms with van der Waals surface area (Å²) in [5, 5.41) is 2.98. The van der Waals surface area contributed by atoms with E-state index in [2.05, 4.69) is 5.32 Å². The molecule has 1 radical (unpaired) electrons. The second-order valence-corrected chi connectivity index (χ2v) is 1.43. The first-order valence-electron chi connectivity index (χ1n) is 2.05. The minimum atomic E-state index is 0. The third-order valence-electron chi connectivity index (χ3n) is 0.933.